The van der Waals surface area contributed by atoms with Gasteiger partial charge < -0.3 is 5.73 Å². The molecule has 4 nitrogen and oxygen atoms in total. The van der Waals surface area contributed by atoms with E-state index in [0.717, 1.165) is 6.54 Å². The van der Waals surface area contributed by atoms with Gasteiger partial charge in [-0.1, -0.05) is 12.8 Å². The maximum absolute atomic E-state index is 11.4. The average molecular weight is 193 g/mol. The maximum atomic E-state index is 11.4. The third-order valence-corrected chi connectivity index (χ3v) is 2.79. The molecule has 4 heteroatoms. The summed E-state index contributed by atoms with van der Waals surface area (Å²) in [6.07, 6.45) is 4.98. The third-order valence-electron chi connectivity index (χ3n) is 2.79. The second kappa shape index (κ2) is 3.82. The lowest BCUT2D eigenvalue weighted by molar-refractivity contribution is 0.416. The van der Waals surface area contributed by atoms with Gasteiger partial charge in [-0.3, -0.25) is 4.79 Å². The summed E-state index contributed by atoms with van der Waals surface area (Å²) in [5.74, 6) is 1.03. The van der Waals surface area contributed by atoms with E-state index in [4.69, 9.17) is 5.73 Å². The highest BCUT2D eigenvalue weighted by Gasteiger charge is 2.16. The first-order chi connectivity index (χ1) is 6.75. The van der Waals surface area contributed by atoms with E-state index in [0.29, 0.717) is 11.7 Å². The fourth-order valence-corrected chi connectivity index (χ4v) is 2.03. The number of nitrogens with two attached hydrogens (primary N) is 1. The summed E-state index contributed by atoms with van der Waals surface area (Å²) in [6.45, 7) is 0.726. The molecule has 0 aromatic carbocycles. The summed E-state index contributed by atoms with van der Waals surface area (Å²) in [4.78, 5) is 11.4. The minimum absolute atomic E-state index is 0.0499. The highest BCUT2D eigenvalue weighted by Crippen LogP contribution is 2.25. The van der Waals surface area contributed by atoms with E-state index >= 15 is 0 Å². The molecule has 0 bridgehead atoms. The van der Waals surface area contributed by atoms with Crippen LogP contribution >= 0.6 is 0 Å². The van der Waals surface area contributed by atoms with E-state index in [1.165, 1.54) is 36.4 Å². The molecular formula is C10H15N3O. The van der Waals surface area contributed by atoms with Gasteiger partial charge in [-0.15, -0.1) is 0 Å². The van der Waals surface area contributed by atoms with E-state index in [-0.39, 0.29) is 5.56 Å². The summed E-state index contributed by atoms with van der Waals surface area (Å²) in [6, 6.07) is 3.03. The zero-order chi connectivity index (χ0) is 9.97. The fraction of sp³-hybridized carbons (Fsp3) is 0.600. The first-order valence-corrected chi connectivity index (χ1v) is 5.09. The van der Waals surface area contributed by atoms with Crippen LogP contribution in [-0.4, -0.2) is 9.78 Å². The second-order valence-electron chi connectivity index (χ2n) is 3.93. The normalized spacial score (nSPS) is 17.4. The van der Waals surface area contributed by atoms with Gasteiger partial charge in [0.25, 0.3) is 5.56 Å². The Morgan fingerprint density at radius 1 is 1.43 bits per heavy atom. The molecule has 1 saturated carbocycles. The van der Waals surface area contributed by atoms with Crippen molar-refractivity contribution in [3.8, 4) is 0 Å². The van der Waals surface area contributed by atoms with E-state index in [9.17, 15) is 4.79 Å². The smallest absolute Gasteiger partial charge is 0.266 e. The Morgan fingerprint density at radius 3 is 2.86 bits per heavy atom. The first kappa shape index (κ1) is 9.24. The van der Waals surface area contributed by atoms with Crippen LogP contribution in [0.1, 0.15) is 25.7 Å². The van der Waals surface area contributed by atoms with Crippen molar-refractivity contribution in [3.63, 3.8) is 0 Å². The molecule has 0 aliphatic heterocycles. The number of anilines is 1. The van der Waals surface area contributed by atoms with Crippen LogP contribution < -0.4 is 11.3 Å². The minimum atomic E-state index is -0.0499. The van der Waals surface area contributed by atoms with Crippen LogP contribution in [-0.2, 0) is 6.54 Å². The molecule has 14 heavy (non-hydrogen) atoms. The third kappa shape index (κ3) is 1.95. The number of aromatic nitrogens is 2. The van der Waals surface area contributed by atoms with Crippen molar-refractivity contribution in [1.82, 2.24) is 9.78 Å². The van der Waals surface area contributed by atoms with Crippen molar-refractivity contribution >= 4 is 5.82 Å². The summed E-state index contributed by atoms with van der Waals surface area (Å²) in [5.41, 5.74) is 5.48. The molecular weight excluding hydrogens is 178 g/mol. The van der Waals surface area contributed by atoms with E-state index < -0.39 is 0 Å². The lowest BCUT2D eigenvalue weighted by Crippen LogP contribution is -2.25. The average Bonchev–Trinajstić information content (AvgIpc) is 2.64. The van der Waals surface area contributed by atoms with Crippen LogP contribution in [0.4, 0.5) is 5.82 Å². The van der Waals surface area contributed by atoms with Crippen LogP contribution in [0.2, 0.25) is 0 Å². The molecule has 1 fully saturated rings. The zero-order valence-electron chi connectivity index (χ0n) is 8.15. The summed E-state index contributed by atoms with van der Waals surface area (Å²) >= 11 is 0. The Labute approximate surface area is 82.7 Å². The molecule has 0 atom stereocenters. The van der Waals surface area contributed by atoms with Crippen molar-refractivity contribution < 1.29 is 0 Å². The monoisotopic (exact) mass is 193 g/mol. The van der Waals surface area contributed by atoms with Gasteiger partial charge in [0.2, 0.25) is 0 Å². The van der Waals surface area contributed by atoms with E-state index in [1.54, 1.807) is 6.07 Å². The second-order valence-corrected chi connectivity index (χ2v) is 3.93. The Balaban J connectivity index is 2.15. The number of hydrogen-bond acceptors (Lipinski definition) is 3. The lowest BCUT2D eigenvalue weighted by Gasteiger charge is -2.10. The molecule has 1 aromatic heterocycles. The van der Waals surface area contributed by atoms with Gasteiger partial charge in [0.05, 0.1) is 0 Å². The van der Waals surface area contributed by atoms with Gasteiger partial charge >= 0.3 is 0 Å². The van der Waals surface area contributed by atoms with Crippen molar-refractivity contribution in [3.05, 3.63) is 22.5 Å². The molecule has 1 aromatic rings. The number of hydrogen-bond donors (Lipinski definition) is 1. The van der Waals surface area contributed by atoms with Crippen LogP contribution in [0.5, 0.6) is 0 Å². The molecule has 1 aliphatic rings. The number of nitrogens with zero attached hydrogens (tertiary/aromatic N) is 2. The highest BCUT2D eigenvalue weighted by molar-refractivity contribution is 5.23. The molecule has 1 heterocycles. The summed E-state index contributed by atoms with van der Waals surface area (Å²) < 4.78 is 1.49. The van der Waals surface area contributed by atoms with Gasteiger partial charge in [-0.25, -0.2) is 4.68 Å². The molecule has 0 radical (unpaired) electrons. The number of rotatable bonds is 2. The predicted molar refractivity (Wildman–Crippen MR) is 54.9 cm³/mol. The molecule has 76 valence electrons. The van der Waals surface area contributed by atoms with Crippen LogP contribution in [0.25, 0.3) is 0 Å². The van der Waals surface area contributed by atoms with Gasteiger partial charge in [0.1, 0.15) is 5.82 Å². The zero-order valence-corrected chi connectivity index (χ0v) is 8.15. The maximum Gasteiger partial charge on any atom is 0.266 e. The topological polar surface area (TPSA) is 60.9 Å². The quantitative estimate of drug-likeness (QED) is 0.762. The molecule has 2 rings (SSSR count). The van der Waals surface area contributed by atoms with Crippen LogP contribution in [0, 0.1) is 5.92 Å². The SMILES string of the molecule is Nc1ccc(=O)n(CC2CCCC2)n1. The van der Waals surface area contributed by atoms with Gasteiger partial charge in [-0.2, -0.15) is 5.10 Å². The van der Waals surface area contributed by atoms with Crippen molar-refractivity contribution in [2.75, 3.05) is 5.73 Å². The molecule has 0 unspecified atom stereocenters. The molecule has 0 saturated heterocycles. The predicted octanol–water partition coefficient (Wildman–Crippen LogP) is 1.02. The summed E-state index contributed by atoms with van der Waals surface area (Å²) in [7, 11) is 0. The van der Waals surface area contributed by atoms with Gasteiger partial charge in [0.15, 0.2) is 0 Å². The Kier molecular flexibility index (Phi) is 2.52. The van der Waals surface area contributed by atoms with E-state index in [2.05, 4.69) is 5.10 Å². The molecule has 0 spiro atoms. The van der Waals surface area contributed by atoms with E-state index in [1.807, 2.05) is 0 Å². The Hall–Kier alpha value is -1.32. The Bertz CT molecular complexity index is 366. The largest absolute Gasteiger partial charge is 0.382 e. The lowest BCUT2D eigenvalue weighted by atomic mass is 10.1. The number of nitrogen functional groups attached to an aromatic ring is 1. The van der Waals surface area contributed by atoms with Crippen LogP contribution in [0.15, 0.2) is 16.9 Å². The highest BCUT2D eigenvalue weighted by atomic mass is 16.1. The Morgan fingerprint density at radius 2 is 2.14 bits per heavy atom. The fourth-order valence-electron chi connectivity index (χ4n) is 2.03. The van der Waals surface area contributed by atoms with Gasteiger partial charge in [-0.05, 0) is 24.8 Å². The molecule has 2 N–H and O–H groups in total. The first-order valence-electron chi connectivity index (χ1n) is 5.09. The van der Waals surface area contributed by atoms with Crippen molar-refractivity contribution in [2.45, 2.75) is 32.2 Å². The van der Waals surface area contributed by atoms with Crippen LogP contribution in [0.3, 0.4) is 0 Å². The van der Waals surface area contributed by atoms with Crippen molar-refractivity contribution in [1.29, 1.82) is 0 Å². The van der Waals surface area contributed by atoms with Gasteiger partial charge in [0, 0.05) is 12.6 Å². The summed E-state index contributed by atoms with van der Waals surface area (Å²) in [5, 5.41) is 4.02. The van der Waals surface area contributed by atoms with Crippen molar-refractivity contribution in [2.24, 2.45) is 5.92 Å². The molecule has 0 amide bonds. The molecule has 1 aliphatic carbocycles. The standard InChI is InChI=1S/C10H15N3O/c11-9-5-6-10(14)13(12-9)7-8-3-1-2-4-8/h5-6,8H,1-4,7H2,(H2,11,12). The minimum Gasteiger partial charge on any atom is -0.382 e.